The van der Waals surface area contributed by atoms with Gasteiger partial charge >= 0.3 is 0 Å². The van der Waals surface area contributed by atoms with Gasteiger partial charge in [-0.15, -0.1) is 0 Å². The molecule has 4 heteroatoms. The molecular formula is C53H34N2O2. The second-order valence-corrected chi connectivity index (χ2v) is 14.3. The van der Waals surface area contributed by atoms with Crippen molar-refractivity contribution in [3.63, 3.8) is 0 Å². The molecule has 0 spiro atoms. The Morgan fingerprint density at radius 2 is 0.982 bits per heavy atom. The molecule has 57 heavy (non-hydrogen) atoms. The van der Waals surface area contributed by atoms with E-state index in [-0.39, 0.29) is 0 Å². The third kappa shape index (κ3) is 5.74. The third-order valence-electron chi connectivity index (χ3n) is 10.9. The van der Waals surface area contributed by atoms with E-state index in [9.17, 15) is 0 Å². The Balaban J connectivity index is 1.21. The molecule has 0 atom stereocenters. The van der Waals surface area contributed by atoms with Crippen molar-refractivity contribution in [2.24, 2.45) is 0 Å². The van der Waals surface area contributed by atoms with Gasteiger partial charge in [0.15, 0.2) is 5.58 Å². The number of rotatable bonds is 7. The Kier molecular flexibility index (Phi) is 7.78. The Morgan fingerprint density at radius 1 is 0.368 bits per heavy atom. The minimum Gasteiger partial charge on any atom is -0.456 e. The molecule has 0 unspecified atom stereocenters. The summed E-state index contributed by atoms with van der Waals surface area (Å²) in [4.78, 5) is 7.61. The molecule has 0 radical (unpaired) electrons. The Morgan fingerprint density at radius 3 is 1.75 bits per heavy atom. The van der Waals surface area contributed by atoms with Crippen LogP contribution in [0.3, 0.4) is 0 Å². The summed E-state index contributed by atoms with van der Waals surface area (Å²) in [6.07, 6.45) is 0. The zero-order chi connectivity index (χ0) is 37.7. The standard InChI is InChI=1S/C53H34N2O2/c1-4-14-35(15-5-1)37-26-28-42(29-27-37)55(43-30-31-44(46(33-43)38-17-6-2-7-18-38)41-25-24-36-16-10-11-21-40(36)32-41)52-50-45-22-12-13-23-47(45)56-48(50)34-49-51(52)54-53(57-49)39-19-8-3-9-20-39/h1-34H. The summed E-state index contributed by atoms with van der Waals surface area (Å²) in [5, 5.41) is 4.41. The van der Waals surface area contributed by atoms with E-state index in [0.717, 1.165) is 83.5 Å². The molecule has 0 fully saturated rings. The Hall–Kier alpha value is -7.69. The molecule has 11 rings (SSSR count). The largest absolute Gasteiger partial charge is 0.456 e. The highest BCUT2D eigenvalue weighted by Crippen LogP contribution is 2.49. The lowest BCUT2D eigenvalue weighted by Gasteiger charge is -2.28. The first-order valence-corrected chi connectivity index (χ1v) is 19.2. The van der Waals surface area contributed by atoms with Crippen LogP contribution < -0.4 is 4.90 Å². The number of benzene rings is 9. The van der Waals surface area contributed by atoms with Crippen molar-refractivity contribution in [3.8, 4) is 44.8 Å². The highest BCUT2D eigenvalue weighted by atomic mass is 16.4. The fourth-order valence-electron chi connectivity index (χ4n) is 8.15. The van der Waals surface area contributed by atoms with E-state index in [4.69, 9.17) is 13.8 Å². The lowest BCUT2D eigenvalue weighted by molar-refractivity contribution is 0.617. The van der Waals surface area contributed by atoms with Gasteiger partial charge in [-0.2, -0.15) is 0 Å². The molecule has 0 amide bonds. The molecule has 9 aromatic carbocycles. The monoisotopic (exact) mass is 730 g/mol. The second kappa shape index (κ2) is 13.6. The molecule has 0 bridgehead atoms. The summed E-state index contributed by atoms with van der Waals surface area (Å²) < 4.78 is 13.2. The summed E-state index contributed by atoms with van der Waals surface area (Å²) in [5.41, 5.74) is 13.6. The molecule has 268 valence electrons. The summed E-state index contributed by atoms with van der Waals surface area (Å²) in [5.74, 6) is 0.555. The van der Waals surface area contributed by atoms with Crippen molar-refractivity contribution in [3.05, 3.63) is 206 Å². The van der Waals surface area contributed by atoms with Gasteiger partial charge in [-0.1, -0.05) is 152 Å². The number of aromatic nitrogens is 1. The van der Waals surface area contributed by atoms with Crippen LogP contribution in [0.1, 0.15) is 0 Å². The molecule has 0 saturated carbocycles. The number of hydrogen-bond acceptors (Lipinski definition) is 4. The first-order valence-electron chi connectivity index (χ1n) is 19.2. The van der Waals surface area contributed by atoms with Crippen LogP contribution in [0.5, 0.6) is 0 Å². The zero-order valence-corrected chi connectivity index (χ0v) is 30.8. The third-order valence-corrected chi connectivity index (χ3v) is 10.9. The zero-order valence-electron chi connectivity index (χ0n) is 30.8. The maximum absolute atomic E-state index is 6.61. The molecule has 0 N–H and O–H groups in total. The fourth-order valence-corrected chi connectivity index (χ4v) is 8.15. The normalized spacial score (nSPS) is 11.5. The molecule has 0 saturated heterocycles. The summed E-state index contributed by atoms with van der Waals surface area (Å²) in [6, 6.07) is 72.3. The molecule has 11 aromatic rings. The Labute approximate surface area is 329 Å². The van der Waals surface area contributed by atoms with Crippen LogP contribution in [-0.4, -0.2) is 4.98 Å². The van der Waals surface area contributed by atoms with Crippen molar-refractivity contribution in [1.82, 2.24) is 4.98 Å². The van der Waals surface area contributed by atoms with Crippen molar-refractivity contribution in [2.75, 3.05) is 4.90 Å². The van der Waals surface area contributed by atoms with Crippen LogP contribution in [0.4, 0.5) is 17.1 Å². The van der Waals surface area contributed by atoms with Crippen LogP contribution >= 0.6 is 0 Å². The molecule has 2 aromatic heterocycles. The van der Waals surface area contributed by atoms with E-state index in [1.807, 2.05) is 54.6 Å². The van der Waals surface area contributed by atoms with Gasteiger partial charge in [-0.25, -0.2) is 4.98 Å². The van der Waals surface area contributed by atoms with Gasteiger partial charge in [0.1, 0.15) is 16.7 Å². The smallest absolute Gasteiger partial charge is 0.227 e. The van der Waals surface area contributed by atoms with Gasteiger partial charge in [0.2, 0.25) is 5.89 Å². The fraction of sp³-hybridized carbons (Fsp3) is 0. The quantitative estimate of drug-likeness (QED) is 0.164. The van der Waals surface area contributed by atoms with Crippen molar-refractivity contribution in [1.29, 1.82) is 0 Å². The predicted molar refractivity (Wildman–Crippen MR) is 235 cm³/mol. The van der Waals surface area contributed by atoms with Crippen LogP contribution in [0.2, 0.25) is 0 Å². The minimum atomic E-state index is 0.555. The SMILES string of the molecule is c1ccc(-c2ccc(N(c3ccc(-c4ccc5ccccc5c4)c(-c4ccccc4)c3)c3c4nc(-c5ccccc5)oc4cc4oc5ccccc5c34)cc2)cc1. The maximum Gasteiger partial charge on any atom is 0.227 e. The molecular weight excluding hydrogens is 697 g/mol. The van der Waals surface area contributed by atoms with Crippen LogP contribution in [-0.2, 0) is 0 Å². The van der Waals surface area contributed by atoms with E-state index in [0.29, 0.717) is 11.5 Å². The number of furan rings is 1. The van der Waals surface area contributed by atoms with Crippen LogP contribution in [0, 0.1) is 0 Å². The van der Waals surface area contributed by atoms with Crippen molar-refractivity contribution >= 4 is 60.9 Å². The van der Waals surface area contributed by atoms with Crippen LogP contribution in [0.25, 0.3) is 88.6 Å². The topological polar surface area (TPSA) is 42.4 Å². The van der Waals surface area contributed by atoms with Gasteiger partial charge in [-0.05, 0) is 92.7 Å². The first kappa shape index (κ1) is 32.7. The summed E-state index contributed by atoms with van der Waals surface area (Å²) in [6.45, 7) is 0. The molecule has 4 nitrogen and oxygen atoms in total. The van der Waals surface area contributed by atoms with Gasteiger partial charge < -0.3 is 13.7 Å². The molecule has 0 aliphatic rings. The van der Waals surface area contributed by atoms with E-state index < -0.39 is 0 Å². The van der Waals surface area contributed by atoms with E-state index in [2.05, 4.69) is 157 Å². The van der Waals surface area contributed by atoms with Crippen LogP contribution in [0.15, 0.2) is 215 Å². The minimum absolute atomic E-state index is 0.555. The van der Waals surface area contributed by atoms with E-state index in [1.54, 1.807) is 0 Å². The van der Waals surface area contributed by atoms with Gasteiger partial charge in [-0.3, -0.25) is 0 Å². The molecule has 2 heterocycles. The van der Waals surface area contributed by atoms with Gasteiger partial charge in [0.25, 0.3) is 0 Å². The number of nitrogens with zero attached hydrogens (tertiary/aromatic N) is 2. The number of oxazole rings is 1. The molecule has 0 aliphatic carbocycles. The maximum atomic E-state index is 6.61. The second-order valence-electron chi connectivity index (χ2n) is 14.3. The van der Waals surface area contributed by atoms with Gasteiger partial charge in [0.05, 0.1) is 11.1 Å². The number of anilines is 3. The highest BCUT2D eigenvalue weighted by molar-refractivity contribution is 6.20. The lowest BCUT2D eigenvalue weighted by Crippen LogP contribution is -2.11. The Bertz CT molecular complexity index is 3220. The average molecular weight is 731 g/mol. The van der Waals surface area contributed by atoms with E-state index in [1.165, 1.54) is 10.8 Å². The van der Waals surface area contributed by atoms with Crippen molar-refractivity contribution in [2.45, 2.75) is 0 Å². The lowest BCUT2D eigenvalue weighted by atomic mass is 9.92. The number of para-hydroxylation sites is 1. The number of hydrogen-bond donors (Lipinski definition) is 0. The number of fused-ring (bicyclic) bond motifs is 5. The summed E-state index contributed by atoms with van der Waals surface area (Å²) in [7, 11) is 0. The average Bonchev–Trinajstić information content (AvgIpc) is 3.89. The van der Waals surface area contributed by atoms with Gasteiger partial charge in [0, 0.05) is 28.4 Å². The highest BCUT2D eigenvalue weighted by Gasteiger charge is 2.27. The first-order chi connectivity index (χ1) is 28.2. The predicted octanol–water partition coefficient (Wildman–Crippen LogP) is 15.0. The summed E-state index contributed by atoms with van der Waals surface area (Å²) >= 11 is 0. The molecule has 0 aliphatic heterocycles. The van der Waals surface area contributed by atoms with E-state index >= 15 is 0 Å². The van der Waals surface area contributed by atoms with Crippen molar-refractivity contribution < 1.29 is 8.83 Å².